The predicted molar refractivity (Wildman–Crippen MR) is 85.6 cm³/mol. The van der Waals surface area contributed by atoms with E-state index in [0.717, 1.165) is 17.6 Å². The lowest BCUT2D eigenvalue weighted by Gasteiger charge is -2.18. The molecule has 2 N–H and O–H groups in total. The third kappa shape index (κ3) is 3.95. The Balaban J connectivity index is 1.96. The lowest BCUT2D eigenvalue weighted by molar-refractivity contribution is 0.309. The van der Waals surface area contributed by atoms with Crippen molar-refractivity contribution >= 4 is 21.6 Å². The minimum atomic E-state index is -0.0199. The summed E-state index contributed by atoms with van der Waals surface area (Å²) in [4.78, 5) is 13.9. The van der Waals surface area contributed by atoms with Crippen molar-refractivity contribution in [1.82, 2.24) is 9.47 Å². The summed E-state index contributed by atoms with van der Waals surface area (Å²) in [5.41, 5.74) is 7.52. The molecule has 0 unspecified atom stereocenters. The molecule has 106 valence electrons. The van der Waals surface area contributed by atoms with Crippen LogP contribution >= 0.6 is 15.9 Å². The van der Waals surface area contributed by atoms with Gasteiger partial charge in [0, 0.05) is 42.1 Å². The number of hydrogen-bond acceptors (Lipinski definition) is 3. The van der Waals surface area contributed by atoms with Gasteiger partial charge in [-0.05, 0) is 24.7 Å². The summed E-state index contributed by atoms with van der Waals surface area (Å²) in [5, 5.41) is 0. The molecule has 5 heteroatoms. The van der Waals surface area contributed by atoms with Gasteiger partial charge in [-0.15, -0.1) is 0 Å². The largest absolute Gasteiger partial charge is 0.398 e. The average molecular weight is 336 g/mol. The molecule has 0 aliphatic heterocycles. The van der Waals surface area contributed by atoms with Crippen molar-refractivity contribution in [2.75, 3.05) is 19.3 Å². The summed E-state index contributed by atoms with van der Waals surface area (Å²) in [6.45, 7) is 2.24. The Labute approximate surface area is 127 Å². The Morgan fingerprint density at radius 1 is 1.25 bits per heavy atom. The molecule has 0 aliphatic carbocycles. The topological polar surface area (TPSA) is 51.3 Å². The zero-order valence-corrected chi connectivity index (χ0v) is 13.0. The smallest absolute Gasteiger partial charge is 0.250 e. The molecular formula is C15H18BrN3O. The first-order chi connectivity index (χ1) is 9.56. The summed E-state index contributed by atoms with van der Waals surface area (Å²) in [5.74, 6) is 0. The molecule has 2 rings (SSSR count). The van der Waals surface area contributed by atoms with Gasteiger partial charge in [-0.1, -0.05) is 34.1 Å². The van der Waals surface area contributed by atoms with Crippen LogP contribution < -0.4 is 11.3 Å². The normalized spacial score (nSPS) is 10.9. The van der Waals surface area contributed by atoms with E-state index in [9.17, 15) is 4.79 Å². The molecule has 20 heavy (non-hydrogen) atoms. The third-order valence-electron chi connectivity index (χ3n) is 3.13. The molecule has 2 aromatic rings. The standard InChI is InChI=1S/C15H18BrN3O/c1-18(10-12-4-2-3-5-14(12)16)8-9-19-11-13(17)6-7-15(19)20/h2-7,11H,8-10,17H2,1H3. The SMILES string of the molecule is CN(CCn1cc(N)ccc1=O)Cc1ccccc1Br. The number of likely N-dealkylation sites (N-methyl/N-ethyl adjacent to an activating group) is 1. The van der Waals surface area contributed by atoms with Crippen molar-refractivity contribution in [3.8, 4) is 0 Å². The second-order valence-corrected chi connectivity index (χ2v) is 5.68. The zero-order valence-electron chi connectivity index (χ0n) is 11.4. The molecule has 1 aromatic carbocycles. The lowest BCUT2D eigenvalue weighted by atomic mass is 10.2. The Hall–Kier alpha value is -1.59. The van der Waals surface area contributed by atoms with E-state index in [2.05, 4.69) is 26.9 Å². The second-order valence-electron chi connectivity index (χ2n) is 4.82. The van der Waals surface area contributed by atoms with Crippen molar-refractivity contribution in [2.45, 2.75) is 13.1 Å². The second kappa shape index (κ2) is 6.72. The fourth-order valence-corrected chi connectivity index (χ4v) is 2.41. The molecule has 1 aromatic heterocycles. The highest BCUT2D eigenvalue weighted by atomic mass is 79.9. The van der Waals surface area contributed by atoms with Gasteiger partial charge in [0.25, 0.3) is 5.56 Å². The van der Waals surface area contributed by atoms with Crippen LogP contribution in [0.2, 0.25) is 0 Å². The fourth-order valence-electron chi connectivity index (χ4n) is 2.00. The van der Waals surface area contributed by atoms with Crippen molar-refractivity contribution in [1.29, 1.82) is 0 Å². The maximum Gasteiger partial charge on any atom is 0.250 e. The molecule has 0 atom stereocenters. The maximum absolute atomic E-state index is 11.7. The first kappa shape index (κ1) is 14.8. The van der Waals surface area contributed by atoms with Crippen LogP contribution in [-0.2, 0) is 13.1 Å². The van der Waals surface area contributed by atoms with Crippen LogP contribution in [0.4, 0.5) is 5.69 Å². The first-order valence-corrected chi connectivity index (χ1v) is 7.23. The molecule has 0 bridgehead atoms. The van der Waals surface area contributed by atoms with E-state index in [0.29, 0.717) is 12.2 Å². The molecule has 0 aliphatic rings. The number of nitrogens with two attached hydrogens (primary N) is 1. The van der Waals surface area contributed by atoms with Crippen LogP contribution in [0.15, 0.2) is 51.9 Å². The Morgan fingerprint density at radius 2 is 2.00 bits per heavy atom. The van der Waals surface area contributed by atoms with Gasteiger partial charge in [0.2, 0.25) is 0 Å². The highest BCUT2D eigenvalue weighted by molar-refractivity contribution is 9.10. The fraction of sp³-hybridized carbons (Fsp3) is 0.267. The Morgan fingerprint density at radius 3 is 2.75 bits per heavy atom. The number of anilines is 1. The number of pyridine rings is 1. The van der Waals surface area contributed by atoms with Gasteiger partial charge in [-0.25, -0.2) is 0 Å². The monoisotopic (exact) mass is 335 g/mol. The Bertz CT molecular complexity index is 639. The van der Waals surface area contributed by atoms with Crippen molar-refractivity contribution < 1.29 is 0 Å². The quantitative estimate of drug-likeness (QED) is 0.912. The lowest BCUT2D eigenvalue weighted by Crippen LogP contribution is -2.28. The molecule has 1 heterocycles. The van der Waals surface area contributed by atoms with Crippen LogP contribution in [0.5, 0.6) is 0 Å². The highest BCUT2D eigenvalue weighted by Crippen LogP contribution is 2.17. The van der Waals surface area contributed by atoms with E-state index in [1.54, 1.807) is 16.8 Å². The van der Waals surface area contributed by atoms with Crippen molar-refractivity contribution in [3.63, 3.8) is 0 Å². The average Bonchev–Trinajstić information content (AvgIpc) is 2.42. The number of nitrogens with zero attached hydrogens (tertiary/aromatic N) is 2. The van der Waals surface area contributed by atoms with Crippen LogP contribution in [0, 0.1) is 0 Å². The summed E-state index contributed by atoms with van der Waals surface area (Å²) in [7, 11) is 2.04. The summed E-state index contributed by atoms with van der Waals surface area (Å²) < 4.78 is 2.75. The van der Waals surface area contributed by atoms with Gasteiger partial charge in [0.1, 0.15) is 0 Å². The minimum Gasteiger partial charge on any atom is -0.398 e. The molecule has 0 saturated carbocycles. The molecule has 0 saturated heterocycles. The van der Waals surface area contributed by atoms with E-state index in [1.807, 2.05) is 25.2 Å². The highest BCUT2D eigenvalue weighted by Gasteiger charge is 2.04. The summed E-state index contributed by atoms with van der Waals surface area (Å²) >= 11 is 3.54. The zero-order chi connectivity index (χ0) is 14.5. The van der Waals surface area contributed by atoms with Crippen LogP contribution in [0.3, 0.4) is 0 Å². The van der Waals surface area contributed by atoms with E-state index < -0.39 is 0 Å². The van der Waals surface area contributed by atoms with E-state index in [1.165, 1.54) is 11.6 Å². The van der Waals surface area contributed by atoms with Gasteiger partial charge < -0.3 is 15.2 Å². The van der Waals surface area contributed by atoms with Gasteiger partial charge >= 0.3 is 0 Å². The maximum atomic E-state index is 11.7. The molecule has 0 spiro atoms. The molecule has 4 nitrogen and oxygen atoms in total. The van der Waals surface area contributed by atoms with Crippen LogP contribution in [0.25, 0.3) is 0 Å². The van der Waals surface area contributed by atoms with E-state index in [-0.39, 0.29) is 5.56 Å². The number of hydrogen-bond donors (Lipinski definition) is 1. The van der Waals surface area contributed by atoms with Crippen LogP contribution in [-0.4, -0.2) is 23.1 Å². The number of aromatic nitrogens is 1. The number of benzene rings is 1. The predicted octanol–water partition coefficient (Wildman–Crippen LogP) is 2.32. The van der Waals surface area contributed by atoms with Gasteiger partial charge in [-0.3, -0.25) is 4.79 Å². The summed E-state index contributed by atoms with van der Waals surface area (Å²) in [6.07, 6.45) is 1.69. The van der Waals surface area contributed by atoms with Crippen molar-refractivity contribution in [2.24, 2.45) is 0 Å². The number of rotatable bonds is 5. The van der Waals surface area contributed by atoms with Gasteiger partial charge in [-0.2, -0.15) is 0 Å². The molecule has 0 amide bonds. The van der Waals surface area contributed by atoms with Gasteiger partial charge in [0.05, 0.1) is 0 Å². The molecule has 0 radical (unpaired) electrons. The van der Waals surface area contributed by atoms with Crippen molar-refractivity contribution in [3.05, 3.63) is 63.0 Å². The van der Waals surface area contributed by atoms with Gasteiger partial charge in [0.15, 0.2) is 0 Å². The number of nitrogen functional groups attached to an aromatic ring is 1. The summed E-state index contributed by atoms with van der Waals surface area (Å²) in [6, 6.07) is 11.3. The molecule has 0 fully saturated rings. The number of halogens is 1. The Kier molecular flexibility index (Phi) is 4.98. The molecular weight excluding hydrogens is 318 g/mol. The van der Waals surface area contributed by atoms with E-state index in [4.69, 9.17) is 5.73 Å². The van der Waals surface area contributed by atoms with E-state index >= 15 is 0 Å². The first-order valence-electron chi connectivity index (χ1n) is 6.44. The van der Waals surface area contributed by atoms with Crippen LogP contribution in [0.1, 0.15) is 5.56 Å². The third-order valence-corrected chi connectivity index (χ3v) is 3.90. The minimum absolute atomic E-state index is 0.0199.